The van der Waals surface area contributed by atoms with Crippen molar-refractivity contribution in [2.24, 2.45) is 0 Å². The van der Waals surface area contributed by atoms with Crippen LogP contribution in [0.1, 0.15) is 24.3 Å². The monoisotopic (exact) mass is 250 g/mol. The fourth-order valence-electron chi connectivity index (χ4n) is 2.35. The van der Waals surface area contributed by atoms with E-state index in [1.165, 1.54) is 12.0 Å². The third-order valence-electron chi connectivity index (χ3n) is 3.51. The van der Waals surface area contributed by atoms with Crippen LogP contribution in [-0.4, -0.2) is 60.3 Å². The van der Waals surface area contributed by atoms with Crippen molar-refractivity contribution < 1.29 is 5.11 Å². The Morgan fingerprint density at radius 3 is 2.72 bits per heavy atom. The van der Waals surface area contributed by atoms with Crippen molar-refractivity contribution in [2.45, 2.75) is 18.8 Å². The number of rotatable bonds is 5. The van der Waals surface area contributed by atoms with Crippen LogP contribution in [-0.2, 0) is 0 Å². The van der Waals surface area contributed by atoms with E-state index in [1.54, 1.807) is 0 Å². The largest absolute Gasteiger partial charge is 0.396 e. The number of likely N-dealkylation sites (tertiary alicyclic amines) is 1. The van der Waals surface area contributed by atoms with Crippen LogP contribution in [0.3, 0.4) is 0 Å². The van der Waals surface area contributed by atoms with Crippen LogP contribution in [0.4, 0.5) is 5.95 Å². The number of hydrogen-bond donors (Lipinski definition) is 1. The van der Waals surface area contributed by atoms with Gasteiger partial charge in [0.25, 0.3) is 0 Å². The molecule has 1 aliphatic rings. The molecule has 0 aromatic carbocycles. The average Bonchev–Trinajstić information content (AvgIpc) is 2.83. The number of anilines is 1. The molecule has 5 heteroatoms. The second-order valence-corrected chi connectivity index (χ2v) is 5.06. The van der Waals surface area contributed by atoms with Gasteiger partial charge in [-0.3, -0.25) is 0 Å². The van der Waals surface area contributed by atoms with E-state index < -0.39 is 0 Å². The first-order valence-corrected chi connectivity index (χ1v) is 6.53. The highest BCUT2D eigenvalue weighted by molar-refractivity contribution is 5.29. The van der Waals surface area contributed by atoms with Gasteiger partial charge in [-0.1, -0.05) is 0 Å². The van der Waals surface area contributed by atoms with E-state index in [2.05, 4.69) is 21.9 Å². The number of hydrogen-bond acceptors (Lipinski definition) is 5. The summed E-state index contributed by atoms with van der Waals surface area (Å²) >= 11 is 0. The Morgan fingerprint density at radius 1 is 1.44 bits per heavy atom. The number of aromatic nitrogens is 2. The molecule has 1 saturated heterocycles. The van der Waals surface area contributed by atoms with E-state index in [0.717, 1.165) is 32.0 Å². The minimum Gasteiger partial charge on any atom is -0.396 e. The van der Waals surface area contributed by atoms with Crippen LogP contribution in [0.5, 0.6) is 0 Å². The Hall–Kier alpha value is -1.20. The molecule has 1 aromatic rings. The Balaban J connectivity index is 1.96. The maximum absolute atomic E-state index is 8.80. The van der Waals surface area contributed by atoms with E-state index in [-0.39, 0.29) is 6.61 Å². The Morgan fingerprint density at radius 2 is 2.17 bits per heavy atom. The first-order chi connectivity index (χ1) is 8.70. The molecule has 0 amide bonds. The second kappa shape index (κ2) is 6.11. The summed E-state index contributed by atoms with van der Waals surface area (Å²) in [4.78, 5) is 13.1. The van der Waals surface area contributed by atoms with Crippen molar-refractivity contribution in [1.82, 2.24) is 14.9 Å². The normalized spacial score (nSPS) is 20.3. The van der Waals surface area contributed by atoms with Gasteiger partial charge in [-0.25, -0.2) is 9.97 Å². The lowest BCUT2D eigenvalue weighted by molar-refractivity contribution is 0.290. The van der Waals surface area contributed by atoms with E-state index >= 15 is 0 Å². The van der Waals surface area contributed by atoms with Crippen molar-refractivity contribution >= 4 is 5.95 Å². The van der Waals surface area contributed by atoms with Crippen LogP contribution in [0.25, 0.3) is 0 Å². The summed E-state index contributed by atoms with van der Waals surface area (Å²) < 4.78 is 0. The van der Waals surface area contributed by atoms with E-state index in [1.807, 2.05) is 24.3 Å². The number of nitrogens with zero attached hydrogens (tertiary/aromatic N) is 4. The van der Waals surface area contributed by atoms with E-state index in [9.17, 15) is 0 Å². The zero-order chi connectivity index (χ0) is 13.0. The molecule has 1 fully saturated rings. The van der Waals surface area contributed by atoms with Crippen molar-refractivity contribution in [3.63, 3.8) is 0 Å². The predicted molar refractivity (Wildman–Crippen MR) is 71.9 cm³/mol. The van der Waals surface area contributed by atoms with Gasteiger partial charge in [0.1, 0.15) is 0 Å². The summed E-state index contributed by atoms with van der Waals surface area (Å²) in [6.45, 7) is 3.24. The molecular formula is C13H22N4O. The topological polar surface area (TPSA) is 52.5 Å². The van der Waals surface area contributed by atoms with Crippen molar-refractivity contribution in [2.75, 3.05) is 45.2 Å². The van der Waals surface area contributed by atoms with E-state index in [0.29, 0.717) is 5.92 Å². The molecule has 2 rings (SSSR count). The quantitative estimate of drug-likeness (QED) is 0.834. The highest BCUT2D eigenvalue weighted by Gasteiger charge is 2.21. The Labute approximate surface area is 108 Å². The molecule has 1 aliphatic heterocycles. The van der Waals surface area contributed by atoms with Gasteiger partial charge >= 0.3 is 0 Å². The zero-order valence-electron chi connectivity index (χ0n) is 11.2. The van der Waals surface area contributed by atoms with Crippen LogP contribution >= 0.6 is 0 Å². The number of likely N-dealkylation sites (N-methyl/N-ethyl adjacent to an activating group) is 1. The average molecular weight is 250 g/mol. The summed E-state index contributed by atoms with van der Waals surface area (Å²) in [5.41, 5.74) is 1.23. The molecular weight excluding hydrogens is 228 g/mol. The summed E-state index contributed by atoms with van der Waals surface area (Å²) in [7, 11) is 4.10. The maximum Gasteiger partial charge on any atom is 0.224 e. The van der Waals surface area contributed by atoms with Gasteiger partial charge in [0.2, 0.25) is 5.95 Å². The molecule has 0 saturated carbocycles. The van der Waals surface area contributed by atoms with Gasteiger partial charge in [0.15, 0.2) is 0 Å². The minimum atomic E-state index is 0.205. The molecule has 0 bridgehead atoms. The highest BCUT2D eigenvalue weighted by Crippen LogP contribution is 2.25. The highest BCUT2D eigenvalue weighted by atomic mass is 16.3. The van der Waals surface area contributed by atoms with Crippen LogP contribution < -0.4 is 4.90 Å². The first-order valence-electron chi connectivity index (χ1n) is 6.53. The fraction of sp³-hybridized carbons (Fsp3) is 0.692. The van der Waals surface area contributed by atoms with E-state index in [4.69, 9.17) is 5.11 Å². The summed E-state index contributed by atoms with van der Waals surface area (Å²) in [6.07, 6.45) is 5.83. The van der Waals surface area contributed by atoms with Gasteiger partial charge in [-0.15, -0.1) is 0 Å². The molecule has 0 radical (unpaired) electrons. The third-order valence-corrected chi connectivity index (χ3v) is 3.51. The van der Waals surface area contributed by atoms with Crippen molar-refractivity contribution in [3.05, 3.63) is 18.0 Å². The maximum atomic E-state index is 8.80. The fourth-order valence-corrected chi connectivity index (χ4v) is 2.35. The van der Waals surface area contributed by atoms with Crippen molar-refractivity contribution in [3.8, 4) is 0 Å². The van der Waals surface area contributed by atoms with Gasteiger partial charge in [-0.2, -0.15) is 0 Å². The molecule has 1 atom stereocenters. The van der Waals surface area contributed by atoms with Crippen LogP contribution in [0.2, 0.25) is 0 Å². The summed E-state index contributed by atoms with van der Waals surface area (Å²) in [6, 6.07) is 0. The number of aliphatic hydroxyl groups is 1. The molecule has 5 nitrogen and oxygen atoms in total. The summed E-state index contributed by atoms with van der Waals surface area (Å²) in [5, 5.41) is 8.80. The lowest BCUT2D eigenvalue weighted by Crippen LogP contribution is -2.22. The molecule has 1 unspecified atom stereocenters. The van der Waals surface area contributed by atoms with Crippen LogP contribution in [0, 0.1) is 0 Å². The molecule has 1 aromatic heterocycles. The van der Waals surface area contributed by atoms with Crippen LogP contribution in [0.15, 0.2) is 12.4 Å². The first kappa shape index (κ1) is 13.2. The molecule has 1 N–H and O–H groups in total. The predicted octanol–water partition coefficient (Wildman–Crippen LogP) is 0.714. The smallest absolute Gasteiger partial charge is 0.224 e. The molecule has 0 aliphatic carbocycles. The lowest BCUT2D eigenvalue weighted by atomic mass is 10.0. The second-order valence-electron chi connectivity index (χ2n) is 5.06. The molecule has 2 heterocycles. The zero-order valence-corrected chi connectivity index (χ0v) is 11.2. The Bertz CT molecular complexity index is 368. The van der Waals surface area contributed by atoms with Gasteiger partial charge in [0, 0.05) is 45.1 Å². The number of aliphatic hydroxyl groups excluding tert-OH is 1. The molecule has 18 heavy (non-hydrogen) atoms. The van der Waals surface area contributed by atoms with Gasteiger partial charge in [0.05, 0.1) is 0 Å². The summed E-state index contributed by atoms with van der Waals surface area (Å²) in [5.74, 6) is 1.31. The van der Waals surface area contributed by atoms with Gasteiger partial charge < -0.3 is 14.9 Å². The third kappa shape index (κ3) is 3.17. The minimum absolute atomic E-state index is 0.205. The molecule has 100 valence electrons. The van der Waals surface area contributed by atoms with Gasteiger partial charge in [-0.05, 0) is 32.0 Å². The SMILES string of the molecule is CN1CCC(c2cnc(N(C)CCCO)nc2)C1. The molecule has 0 spiro atoms. The lowest BCUT2D eigenvalue weighted by Gasteiger charge is -2.17. The Kier molecular flexibility index (Phi) is 4.49. The standard InChI is InChI=1S/C13H22N4O/c1-16-6-4-11(10-16)12-8-14-13(15-9-12)17(2)5-3-7-18/h8-9,11,18H,3-7,10H2,1-2H3. The van der Waals surface area contributed by atoms with Crippen molar-refractivity contribution in [1.29, 1.82) is 0 Å².